The maximum Gasteiger partial charge on any atom is 0.327 e. The maximum absolute atomic E-state index is 12.6. The minimum atomic E-state index is -0.452. The first-order valence-electron chi connectivity index (χ1n) is 7.63. The molecule has 0 spiro atoms. The molecule has 0 amide bonds. The van der Waals surface area contributed by atoms with Gasteiger partial charge in [-0.1, -0.05) is 27.7 Å². The van der Waals surface area contributed by atoms with E-state index in [-0.39, 0.29) is 24.6 Å². The number of hydrogen-bond donors (Lipinski definition) is 0. The molecule has 0 aromatic carbocycles. The number of esters is 1. The van der Waals surface area contributed by atoms with Crippen molar-refractivity contribution in [3.05, 3.63) is 34.0 Å². The van der Waals surface area contributed by atoms with E-state index >= 15 is 0 Å². The van der Waals surface area contributed by atoms with Gasteiger partial charge in [0, 0.05) is 12.1 Å². The Bertz CT molecular complexity index is 741. The first kappa shape index (κ1) is 16.3. The van der Waals surface area contributed by atoms with Gasteiger partial charge in [-0.2, -0.15) is 5.10 Å². The van der Waals surface area contributed by atoms with Crippen molar-refractivity contribution in [1.29, 1.82) is 0 Å². The van der Waals surface area contributed by atoms with Gasteiger partial charge in [-0.25, -0.2) is 4.68 Å². The Kier molecular flexibility index (Phi) is 4.68. The predicted molar refractivity (Wildman–Crippen MR) is 84.3 cm³/mol. The molecule has 6 heteroatoms. The van der Waals surface area contributed by atoms with Crippen LogP contribution in [0.3, 0.4) is 0 Å². The quantitative estimate of drug-likeness (QED) is 0.795. The van der Waals surface area contributed by atoms with Crippen LogP contribution in [0.1, 0.15) is 57.8 Å². The van der Waals surface area contributed by atoms with Gasteiger partial charge in [0.2, 0.25) is 0 Å². The van der Waals surface area contributed by atoms with Gasteiger partial charge in [-0.05, 0) is 24.5 Å². The molecule has 22 heavy (non-hydrogen) atoms. The first-order valence-corrected chi connectivity index (χ1v) is 7.63. The van der Waals surface area contributed by atoms with E-state index in [0.29, 0.717) is 11.4 Å². The fourth-order valence-corrected chi connectivity index (χ4v) is 2.33. The Morgan fingerprint density at radius 3 is 2.50 bits per heavy atom. The molecule has 0 radical (unpaired) electrons. The Morgan fingerprint density at radius 1 is 1.27 bits per heavy atom. The van der Waals surface area contributed by atoms with E-state index in [2.05, 4.69) is 18.9 Å². The summed E-state index contributed by atoms with van der Waals surface area (Å²) in [5.74, 6) is 0.749. The summed E-state index contributed by atoms with van der Waals surface area (Å²) in [6.07, 6.45) is 1.96. The molecular formula is C16H23N3O3. The lowest BCUT2D eigenvalue weighted by Gasteiger charge is -2.12. The van der Waals surface area contributed by atoms with E-state index in [1.54, 1.807) is 6.92 Å². The molecule has 0 aliphatic rings. The highest BCUT2D eigenvalue weighted by Crippen LogP contribution is 2.20. The molecular weight excluding hydrogens is 282 g/mol. The standard InChI is InChI=1S/C16H23N3O3/c1-6-22-14(20)9-19-16(21)13-7-12(10(2)3)8-18(13)15(17-19)11(4)5/h7-8,10-11H,6,9H2,1-5H3. The van der Waals surface area contributed by atoms with Gasteiger partial charge >= 0.3 is 5.97 Å². The highest BCUT2D eigenvalue weighted by Gasteiger charge is 2.17. The molecule has 0 aliphatic heterocycles. The Hall–Kier alpha value is -2.11. The fraction of sp³-hybridized carbons (Fsp3) is 0.562. The monoisotopic (exact) mass is 305 g/mol. The summed E-state index contributed by atoms with van der Waals surface area (Å²) >= 11 is 0. The van der Waals surface area contributed by atoms with Crippen LogP contribution in [0.15, 0.2) is 17.1 Å². The fourth-order valence-electron chi connectivity index (χ4n) is 2.33. The van der Waals surface area contributed by atoms with Crippen LogP contribution in [0.4, 0.5) is 0 Å². The van der Waals surface area contributed by atoms with E-state index in [1.807, 2.05) is 30.5 Å². The topological polar surface area (TPSA) is 65.6 Å². The summed E-state index contributed by atoms with van der Waals surface area (Å²) in [6.45, 7) is 10.0. The smallest absolute Gasteiger partial charge is 0.327 e. The van der Waals surface area contributed by atoms with Gasteiger partial charge in [-0.15, -0.1) is 0 Å². The van der Waals surface area contributed by atoms with Crippen LogP contribution in [-0.4, -0.2) is 26.8 Å². The van der Waals surface area contributed by atoms with E-state index in [9.17, 15) is 9.59 Å². The van der Waals surface area contributed by atoms with E-state index in [1.165, 1.54) is 4.68 Å². The summed E-state index contributed by atoms with van der Waals surface area (Å²) in [5.41, 5.74) is 1.35. The lowest BCUT2D eigenvalue weighted by atomic mass is 10.1. The van der Waals surface area contributed by atoms with Crippen molar-refractivity contribution in [1.82, 2.24) is 14.2 Å². The van der Waals surface area contributed by atoms with Crippen molar-refractivity contribution in [2.75, 3.05) is 6.61 Å². The second-order valence-electron chi connectivity index (χ2n) is 5.96. The largest absolute Gasteiger partial charge is 0.465 e. The molecule has 2 aromatic heterocycles. The first-order chi connectivity index (χ1) is 10.3. The number of hydrogen-bond acceptors (Lipinski definition) is 4. The third-order valence-corrected chi connectivity index (χ3v) is 3.53. The zero-order chi connectivity index (χ0) is 16.4. The predicted octanol–water partition coefficient (Wildman–Crippen LogP) is 2.31. The highest BCUT2D eigenvalue weighted by molar-refractivity contribution is 5.69. The SMILES string of the molecule is CCOC(=O)Cn1nc(C(C)C)n2cc(C(C)C)cc2c1=O. The highest BCUT2D eigenvalue weighted by atomic mass is 16.5. The minimum absolute atomic E-state index is 0.129. The molecule has 6 nitrogen and oxygen atoms in total. The van der Waals surface area contributed by atoms with E-state index in [4.69, 9.17) is 4.74 Å². The number of carbonyl (C=O) groups excluding carboxylic acids is 1. The average molecular weight is 305 g/mol. The molecule has 2 heterocycles. The lowest BCUT2D eigenvalue weighted by molar-refractivity contribution is -0.144. The molecule has 120 valence electrons. The second-order valence-corrected chi connectivity index (χ2v) is 5.96. The van der Waals surface area contributed by atoms with Gasteiger partial charge in [-0.3, -0.25) is 14.0 Å². The average Bonchev–Trinajstić information content (AvgIpc) is 2.87. The van der Waals surface area contributed by atoms with Crippen LogP contribution < -0.4 is 5.56 Å². The van der Waals surface area contributed by atoms with Crippen LogP contribution >= 0.6 is 0 Å². The van der Waals surface area contributed by atoms with Crippen LogP contribution in [0.2, 0.25) is 0 Å². The molecule has 0 fully saturated rings. The molecule has 2 aromatic rings. The molecule has 2 rings (SSSR count). The summed E-state index contributed by atoms with van der Waals surface area (Å²) < 4.78 is 7.95. The zero-order valence-corrected chi connectivity index (χ0v) is 13.8. The van der Waals surface area contributed by atoms with Gasteiger partial charge in [0.1, 0.15) is 17.9 Å². The number of rotatable bonds is 5. The van der Waals surface area contributed by atoms with Crippen molar-refractivity contribution >= 4 is 11.5 Å². The summed E-state index contributed by atoms with van der Waals surface area (Å²) in [4.78, 5) is 24.2. The van der Waals surface area contributed by atoms with Crippen LogP contribution in [0.5, 0.6) is 0 Å². The van der Waals surface area contributed by atoms with Gasteiger partial charge in [0.25, 0.3) is 5.56 Å². The summed E-state index contributed by atoms with van der Waals surface area (Å²) in [7, 11) is 0. The summed E-state index contributed by atoms with van der Waals surface area (Å²) in [6, 6.07) is 1.88. The second kappa shape index (κ2) is 6.34. The number of aromatic nitrogens is 3. The van der Waals surface area contributed by atoms with Crippen LogP contribution in [0, 0.1) is 0 Å². The molecule has 0 aliphatic carbocycles. The Balaban J connectivity index is 2.61. The minimum Gasteiger partial charge on any atom is -0.465 e. The number of carbonyl (C=O) groups is 1. The lowest BCUT2D eigenvalue weighted by Crippen LogP contribution is -2.30. The normalized spacial score (nSPS) is 11.6. The van der Waals surface area contributed by atoms with Gasteiger partial charge in [0.15, 0.2) is 0 Å². The molecule has 0 saturated carbocycles. The summed E-state index contributed by atoms with van der Waals surface area (Å²) in [5, 5.41) is 4.36. The Morgan fingerprint density at radius 2 is 1.95 bits per heavy atom. The molecule has 0 unspecified atom stereocenters. The van der Waals surface area contributed by atoms with Crippen LogP contribution in [0.25, 0.3) is 5.52 Å². The third-order valence-electron chi connectivity index (χ3n) is 3.53. The van der Waals surface area contributed by atoms with Crippen molar-refractivity contribution < 1.29 is 9.53 Å². The number of ether oxygens (including phenoxy) is 1. The molecule has 0 saturated heterocycles. The van der Waals surface area contributed by atoms with Crippen molar-refractivity contribution in [2.45, 2.75) is 53.0 Å². The number of fused-ring (bicyclic) bond motifs is 1. The molecule has 0 bridgehead atoms. The third kappa shape index (κ3) is 3.05. The van der Waals surface area contributed by atoms with Gasteiger partial charge < -0.3 is 4.74 Å². The van der Waals surface area contributed by atoms with E-state index in [0.717, 1.165) is 11.4 Å². The van der Waals surface area contributed by atoms with Crippen molar-refractivity contribution in [2.24, 2.45) is 0 Å². The molecule has 0 atom stereocenters. The maximum atomic E-state index is 12.6. The Labute approximate surface area is 129 Å². The van der Waals surface area contributed by atoms with Gasteiger partial charge in [0.05, 0.1) is 6.61 Å². The van der Waals surface area contributed by atoms with Crippen LogP contribution in [-0.2, 0) is 16.1 Å². The van der Waals surface area contributed by atoms with E-state index < -0.39 is 5.97 Å². The molecule has 0 N–H and O–H groups in total. The van der Waals surface area contributed by atoms with Crippen molar-refractivity contribution in [3.63, 3.8) is 0 Å². The number of nitrogens with zero attached hydrogens (tertiary/aromatic N) is 3. The zero-order valence-electron chi connectivity index (χ0n) is 13.8. The van der Waals surface area contributed by atoms with Crippen molar-refractivity contribution in [3.8, 4) is 0 Å².